The second-order valence-electron chi connectivity index (χ2n) is 9.91. The van der Waals surface area contributed by atoms with Gasteiger partial charge in [0, 0.05) is 0 Å². The smallest absolute Gasteiger partial charge is 0.331 e. The van der Waals surface area contributed by atoms with Crippen molar-refractivity contribution in [1.82, 2.24) is 10.4 Å². The summed E-state index contributed by atoms with van der Waals surface area (Å²) >= 11 is 0. The van der Waals surface area contributed by atoms with Gasteiger partial charge in [0.25, 0.3) is 0 Å². The Hall–Kier alpha value is -1.67. The summed E-state index contributed by atoms with van der Waals surface area (Å²) in [5.74, 6) is -1.40. The third-order valence-corrected chi connectivity index (χ3v) is 5.43. The molecule has 0 heterocycles. The average Bonchev–Trinajstić information content (AvgIpc) is 3.18. The van der Waals surface area contributed by atoms with E-state index >= 15 is 0 Å². The lowest BCUT2D eigenvalue weighted by Gasteiger charge is -2.32. The van der Waals surface area contributed by atoms with Crippen molar-refractivity contribution >= 4 is 18.3 Å². The fourth-order valence-corrected chi connectivity index (χ4v) is 3.87. The molecule has 31 heavy (non-hydrogen) atoms. The van der Waals surface area contributed by atoms with Crippen LogP contribution in [0.5, 0.6) is 0 Å². The van der Waals surface area contributed by atoms with Gasteiger partial charge < -0.3 is 14.8 Å². The zero-order chi connectivity index (χ0) is 23.6. The molecule has 1 aliphatic carbocycles. The number of esters is 1. The fraction of sp³-hybridized carbons (Fsp3) is 0.870. The van der Waals surface area contributed by atoms with Crippen molar-refractivity contribution in [3.63, 3.8) is 0 Å². The van der Waals surface area contributed by atoms with Crippen LogP contribution in [0.15, 0.2) is 0 Å². The maximum atomic E-state index is 13.3. The molecule has 0 spiro atoms. The van der Waals surface area contributed by atoms with Crippen LogP contribution in [-0.2, 0) is 23.9 Å². The normalized spacial score (nSPS) is 17.8. The molecule has 2 amide bonds. The molecule has 1 fully saturated rings. The van der Waals surface area contributed by atoms with E-state index in [0.29, 0.717) is 30.7 Å². The standard InChI is InChI=1S/C23H42N2O6/c1-7-10-20(25(29)15-26)18(13-16(2)3)21(27)24-19(14-30-23(4,5)6)22(28)31-17-11-8-9-12-17/h15-20,29H,7-14H2,1-6H3,(H,24,27)/t18-,19+,20+/m1/s1. The minimum absolute atomic E-state index is 0.00977. The first-order valence-corrected chi connectivity index (χ1v) is 11.6. The van der Waals surface area contributed by atoms with Crippen LogP contribution >= 0.6 is 0 Å². The number of ether oxygens (including phenoxy) is 2. The lowest BCUT2D eigenvalue weighted by Crippen LogP contribution is -2.52. The molecule has 180 valence electrons. The highest BCUT2D eigenvalue weighted by Gasteiger charge is 2.36. The molecule has 8 heteroatoms. The topological polar surface area (TPSA) is 105 Å². The van der Waals surface area contributed by atoms with Gasteiger partial charge >= 0.3 is 5.97 Å². The van der Waals surface area contributed by atoms with Crippen molar-refractivity contribution in [2.24, 2.45) is 11.8 Å². The van der Waals surface area contributed by atoms with Crippen LogP contribution in [0.3, 0.4) is 0 Å². The Morgan fingerprint density at radius 1 is 1.23 bits per heavy atom. The number of hydrogen-bond donors (Lipinski definition) is 2. The van der Waals surface area contributed by atoms with Crippen LogP contribution in [0.2, 0.25) is 0 Å². The molecule has 0 aromatic heterocycles. The van der Waals surface area contributed by atoms with Crippen LogP contribution in [0.1, 0.15) is 86.5 Å². The molecule has 0 unspecified atom stereocenters. The number of carbonyl (C=O) groups is 3. The highest BCUT2D eigenvalue weighted by molar-refractivity contribution is 5.86. The zero-order valence-corrected chi connectivity index (χ0v) is 20.1. The van der Waals surface area contributed by atoms with Gasteiger partial charge in [-0.2, -0.15) is 0 Å². The van der Waals surface area contributed by atoms with E-state index in [1.165, 1.54) is 0 Å². The summed E-state index contributed by atoms with van der Waals surface area (Å²) in [5, 5.41) is 13.5. The van der Waals surface area contributed by atoms with Gasteiger partial charge in [-0.15, -0.1) is 0 Å². The molecule has 0 aliphatic heterocycles. The van der Waals surface area contributed by atoms with Crippen LogP contribution in [0.25, 0.3) is 0 Å². The number of amides is 2. The molecule has 1 saturated carbocycles. The van der Waals surface area contributed by atoms with Gasteiger partial charge in [-0.05, 0) is 65.2 Å². The maximum Gasteiger partial charge on any atom is 0.331 e. The highest BCUT2D eigenvalue weighted by atomic mass is 16.6. The average molecular weight is 443 g/mol. The lowest BCUT2D eigenvalue weighted by atomic mass is 9.87. The van der Waals surface area contributed by atoms with Crippen molar-refractivity contribution < 1.29 is 29.1 Å². The van der Waals surface area contributed by atoms with Gasteiger partial charge in [0.1, 0.15) is 6.10 Å². The molecule has 1 aliphatic rings. The van der Waals surface area contributed by atoms with E-state index in [4.69, 9.17) is 9.47 Å². The highest BCUT2D eigenvalue weighted by Crippen LogP contribution is 2.24. The fourth-order valence-electron chi connectivity index (χ4n) is 3.87. The molecule has 0 aromatic carbocycles. The summed E-state index contributed by atoms with van der Waals surface area (Å²) in [6.45, 7) is 11.5. The van der Waals surface area contributed by atoms with Crippen molar-refractivity contribution in [1.29, 1.82) is 0 Å². The van der Waals surface area contributed by atoms with Crippen LogP contribution in [0, 0.1) is 11.8 Å². The first-order valence-electron chi connectivity index (χ1n) is 11.6. The molecule has 3 atom stereocenters. The van der Waals surface area contributed by atoms with Crippen LogP contribution in [-0.4, -0.2) is 59.0 Å². The van der Waals surface area contributed by atoms with Gasteiger partial charge in [-0.3, -0.25) is 14.8 Å². The summed E-state index contributed by atoms with van der Waals surface area (Å²) < 4.78 is 11.4. The molecule has 0 saturated heterocycles. The predicted octanol–water partition coefficient (Wildman–Crippen LogP) is 3.45. The van der Waals surface area contributed by atoms with E-state index in [1.807, 2.05) is 41.5 Å². The van der Waals surface area contributed by atoms with E-state index in [2.05, 4.69) is 5.32 Å². The van der Waals surface area contributed by atoms with E-state index in [1.54, 1.807) is 0 Å². The first-order chi connectivity index (χ1) is 14.5. The van der Waals surface area contributed by atoms with Gasteiger partial charge in [0.15, 0.2) is 6.04 Å². The van der Waals surface area contributed by atoms with Crippen molar-refractivity contribution in [3.8, 4) is 0 Å². The molecule has 0 bridgehead atoms. The summed E-state index contributed by atoms with van der Waals surface area (Å²) in [7, 11) is 0. The monoisotopic (exact) mass is 442 g/mol. The minimum Gasteiger partial charge on any atom is -0.461 e. The Labute approximate surface area is 187 Å². The zero-order valence-electron chi connectivity index (χ0n) is 20.1. The van der Waals surface area contributed by atoms with Crippen molar-refractivity contribution in [2.75, 3.05) is 6.61 Å². The summed E-state index contributed by atoms with van der Waals surface area (Å²) in [4.78, 5) is 37.3. The predicted molar refractivity (Wildman–Crippen MR) is 117 cm³/mol. The summed E-state index contributed by atoms with van der Waals surface area (Å²) in [6, 6.07) is -1.62. The Morgan fingerprint density at radius 2 is 1.84 bits per heavy atom. The quantitative estimate of drug-likeness (QED) is 0.196. The summed E-state index contributed by atoms with van der Waals surface area (Å²) in [5.41, 5.74) is -0.488. The van der Waals surface area contributed by atoms with E-state index in [9.17, 15) is 19.6 Å². The van der Waals surface area contributed by atoms with Crippen LogP contribution < -0.4 is 5.32 Å². The molecular formula is C23H42N2O6. The second-order valence-corrected chi connectivity index (χ2v) is 9.91. The molecule has 1 rings (SSSR count). The number of nitrogens with zero attached hydrogens (tertiary/aromatic N) is 1. The molecule has 0 aromatic rings. The largest absolute Gasteiger partial charge is 0.461 e. The third kappa shape index (κ3) is 9.99. The maximum absolute atomic E-state index is 13.3. The molecule has 8 nitrogen and oxygen atoms in total. The number of rotatable bonds is 13. The van der Waals surface area contributed by atoms with E-state index in [-0.39, 0.29) is 24.5 Å². The number of hydrogen-bond acceptors (Lipinski definition) is 6. The Kier molecular flexibility index (Phi) is 11.5. The number of nitrogens with one attached hydrogen (secondary N) is 1. The SMILES string of the molecule is CCC[C@@H]([C@@H](CC(C)C)C(=O)N[C@@H](COC(C)(C)C)C(=O)OC1CCCC1)N(O)C=O. The third-order valence-electron chi connectivity index (χ3n) is 5.43. The van der Waals surface area contributed by atoms with E-state index < -0.39 is 29.6 Å². The minimum atomic E-state index is -0.951. The molecule has 2 N–H and O–H groups in total. The van der Waals surface area contributed by atoms with Gasteiger partial charge in [0.05, 0.1) is 24.2 Å². The number of carbonyl (C=O) groups excluding carboxylic acids is 3. The summed E-state index contributed by atoms with van der Waals surface area (Å²) in [6.07, 6.45) is 5.56. The van der Waals surface area contributed by atoms with Crippen molar-refractivity contribution in [2.45, 2.75) is 110 Å². The van der Waals surface area contributed by atoms with Crippen LogP contribution in [0.4, 0.5) is 0 Å². The van der Waals surface area contributed by atoms with Gasteiger partial charge in [0.2, 0.25) is 12.3 Å². The van der Waals surface area contributed by atoms with Crippen molar-refractivity contribution in [3.05, 3.63) is 0 Å². The first kappa shape index (κ1) is 27.4. The Bertz CT molecular complexity index is 569. The van der Waals surface area contributed by atoms with Gasteiger partial charge in [-0.1, -0.05) is 27.2 Å². The van der Waals surface area contributed by atoms with E-state index in [0.717, 1.165) is 25.7 Å². The molecular weight excluding hydrogens is 400 g/mol. The molecule has 0 radical (unpaired) electrons. The Morgan fingerprint density at radius 3 is 2.32 bits per heavy atom. The second kappa shape index (κ2) is 13.0. The Balaban J connectivity index is 3.01. The van der Waals surface area contributed by atoms with Gasteiger partial charge in [-0.25, -0.2) is 9.86 Å². The lowest BCUT2D eigenvalue weighted by molar-refractivity contribution is -0.170. The number of hydroxylamine groups is 2.